The van der Waals surface area contributed by atoms with Gasteiger partial charge in [-0.1, -0.05) is 41.9 Å². The third kappa shape index (κ3) is 6.34. The van der Waals surface area contributed by atoms with E-state index < -0.39 is 0 Å². The maximum atomic E-state index is 12.8. The summed E-state index contributed by atoms with van der Waals surface area (Å²) < 4.78 is 5.71. The number of nitrogens with zero attached hydrogens (tertiary/aromatic N) is 1. The van der Waals surface area contributed by atoms with Gasteiger partial charge >= 0.3 is 0 Å². The second-order valence-electron chi connectivity index (χ2n) is 7.45. The van der Waals surface area contributed by atoms with E-state index in [1.165, 1.54) is 12.1 Å². The van der Waals surface area contributed by atoms with Gasteiger partial charge in [0, 0.05) is 41.3 Å². The average Bonchev–Trinajstić information content (AvgIpc) is 2.74. The molecule has 0 aromatic heterocycles. The Morgan fingerprint density at radius 3 is 2.65 bits per heavy atom. The number of allylic oxidation sites excluding steroid dienone is 1. The zero-order valence-electron chi connectivity index (χ0n) is 17.1. The minimum absolute atomic E-state index is 0.159. The van der Waals surface area contributed by atoms with E-state index in [1.54, 1.807) is 36.4 Å². The summed E-state index contributed by atoms with van der Waals surface area (Å²) in [5.41, 5.74) is 1.62. The Labute approximate surface area is 192 Å². The summed E-state index contributed by atoms with van der Waals surface area (Å²) in [5.74, 6) is -0.00682. The van der Waals surface area contributed by atoms with Gasteiger partial charge in [0.15, 0.2) is 5.78 Å². The van der Waals surface area contributed by atoms with E-state index in [0.29, 0.717) is 40.7 Å². The Bertz CT molecular complexity index is 982. The van der Waals surface area contributed by atoms with Crippen LogP contribution in [-0.2, 0) is 6.54 Å². The molecule has 31 heavy (non-hydrogen) atoms. The first-order valence-corrected chi connectivity index (χ1v) is 10.8. The number of aliphatic hydroxyl groups is 1. The van der Waals surface area contributed by atoms with Gasteiger partial charge in [0.25, 0.3) is 0 Å². The molecule has 0 saturated carbocycles. The second kappa shape index (κ2) is 10.8. The number of phenolic OH excluding ortho intramolecular Hbond substituents is 1. The number of ketones is 1. The van der Waals surface area contributed by atoms with Crippen molar-refractivity contribution in [1.82, 2.24) is 4.90 Å². The number of likely N-dealkylation sites (tertiary alicyclic amines) is 1. The molecule has 1 saturated heterocycles. The van der Waals surface area contributed by atoms with E-state index in [2.05, 4.69) is 11.5 Å². The monoisotopic (exact) mass is 461 g/mol. The Morgan fingerprint density at radius 2 is 1.97 bits per heavy atom. The van der Waals surface area contributed by atoms with Crippen molar-refractivity contribution in [3.05, 3.63) is 75.8 Å². The third-order valence-electron chi connectivity index (χ3n) is 5.13. The smallest absolute Gasteiger partial charge is 0.189 e. The van der Waals surface area contributed by atoms with Crippen molar-refractivity contribution in [2.45, 2.75) is 25.5 Å². The standard InChI is InChI=1S/C24H25Cl2NO4/c1-2-11-31-24-14-23(30)20(12-17(24)15-27-9-7-19(28)8-10-27)22(29)6-4-16-3-5-18(25)13-21(16)26/h2-6,12-14,19,28,30H,1,7-11,15H2/b6-4+. The van der Waals surface area contributed by atoms with Gasteiger partial charge in [-0.3, -0.25) is 9.69 Å². The normalized spacial score (nSPS) is 15.3. The summed E-state index contributed by atoms with van der Waals surface area (Å²) in [7, 11) is 0. The van der Waals surface area contributed by atoms with E-state index >= 15 is 0 Å². The van der Waals surface area contributed by atoms with E-state index in [-0.39, 0.29) is 29.8 Å². The maximum Gasteiger partial charge on any atom is 0.189 e. The van der Waals surface area contributed by atoms with Crippen LogP contribution in [0.2, 0.25) is 10.0 Å². The van der Waals surface area contributed by atoms with Crippen LogP contribution in [0.25, 0.3) is 6.08 Å². The van der Waals surface area contributed by atoms with Crippen molar-refractivity contribution in [2.24, 2.45) is 0 Å². The zero-order chi connectivity index (χ0) is 22.4. The molecule has 1 heterocycles. The van der Waals surface area contributed by atoms with E-state index in [4.69, 9.17) is 27.9 Å². The fourth-order valence-corrected chi connectivity index (χ4v) is 3.90. The highest BCUT2D eigenvalue weighted by Gasteiger charge is 2.21. The molecule has 1 fully saturated rings. The molecule has 2 aromatic rings. The molecule has 5 nitrogen and oxygen atoms in total. The number of phenols is 1. The summed E-state index contributed by atoms with van der Waals surface area (Å²) >= 11 is 12.1. The van der Waals surface area contributed by atoms with E-state index in [0.717, 1.165) is 18.7 Å². The summed E-state index contributed by atoms with van der Waals surface area (Å²) in [5, 5.41) is 21.1. The lowest BCUT2D eigenvalue weighted by Gasteiger charge is -2.30. The molecule has 0 aliphatic carbocycles. The van der Waals surface area contributed by atoms with Crippen molar-refractivity contribution in [1.29, 1.82) is 0 Å². The fraction of sp³-hybridized carbons (Fsp3) is 0.292. The predicted octanol–water partition coefficient (Wildman–Crippen LogP) is 5.12. The SMILES string of the molecule is C=CCOc1cc(O)c(C(=O)/C=C/c2ccc(Cl)cc2Cl)cc1CN1CCC(O)CC1. The van der Waals surface area contributed by atoms with E-state index in [9.17, 15) is 15.0 Å². The number of rotatable bonds is 8. The molecule has 2 N–H and O–H groups in total. The van der Waals surface area contributed by atoms with Crippen LogP contribution in [-0.4, -0.2) is 46.7 Å². The maximum absolute atomic E-state index is 12.8. The average molecular weight is 462 g/mol. The number of carbonyl (C=O) groups is 1. The van der Waals surface area contributed by atoms with Crippen LogP contribution < -0.4 is 4.74 Å². The first-order chi connectivity index (χ1) is 14.9. The molecule has 2 aromatic carbocycles. The number of halogens is 2. The molecule has 3 rings (SSSR count). The Kier molecular flexibility index (Phi) is 8.15. The minimum atomic E-state index is -0.353. The van der Waals surface area contributed by atoms with Gasteiger partial charge in [0.05, 0.1) is 11.7 Å². The molecule has 0 amide bonds. The summed E-state index contributed by atoms with van der Waals surface area (Å²) in [6, 6.07) is 8.14. The molecule has 0 unspecified atom stereocenters. The lowest BCUT2D eigenvalue weighted by molar-refractivity contribution is 0.0788. The van der Waals surface area contributed by atoms with Crippen LogP contribution in [0, 0.1) is 0 Å². The van der Waals surface area contributed by atoms with Crippen LogP contribution in [0.5, 0.6) is 11.5 Å². The lowest BCUT2D eigenvalue weighted by Crippen LogP contribution is -2.35. The molecule has 164 valence electrons. The van der Waals surface area contributed by atoms with Crippen molar-refractivity contribution >= 4 is 35.1 Å². The van der Waals surface area contributed by atoms with Gasteiger partial charge in [-0.15, -0.1) is 0 Å². The summed E-state index contributed by atoms with van der Waals surface area (Å²) in [6.07, 6.45) is 5.73. The number of hydrogen-bond acceptors (Lipinski definition) is 5. The molecule has 0 bridgehead atoms. The van der Waals surface area contributed by atoms with Gasteiger partial charge in [0.2, 0.25) is 0 Å². The van der Waals surface area contributed by atoms with Gasteiger partial charge in [-0.25, -0.2) is 0 Å². The van der Waals surface area contributed by atoms with Crippen molar-refractivity contribution in [3.63, 3.8) is 0 Å². The number of ether oxygens (including phenoxy) is 1. The van der Waals surface area contributed by atoms with Crippen LogP contribution in [0.1, 0.15) is 34.3 Å². The topological polar surface area (TPSA) is 70.0 Å². The highest BCUT2D eigenvalue weighted by molar-refractivity contribution is 6.35. The number of hydrogen-bond donors (Lipinski definition) is 2. The van der Waals surface area contributed by atoms with Gasteiger partial charge in [-0.05, 0) is 48.8 Å². The largest absolute Gasteiger partial charge is 0.507 e. The summed E-state index contributed by atoms with van der Waals surface area (Å²) in [6.45, 7) is 5.99. The third-order valence-corrected chi connectivity index (χ3v) is 5.69. The van der Waals surface area contributed by atoms with Crippen LogP contribution >= 0.6 is 23.2 Å². The number of carbonyl (C=O) groups excluding carboxylic acids is 1. The predicted molar refractivity (Wildman–Crippen MR) is 124 cm³/mol. The Morgan fingerprint density at radius 1 is 1.23 bits per heavy atom. The first kappa shape index (κ1) is 23.4. The molecule has 0 spiro atoms. The van der Waals surface area contributed by atoms with Crippen molar-refractivity contribution in [2.75, 3.05) is 19.7 Å². The van der Waals surface area contributed by atoms with Crippen LogP contribution in [0.4, 0.5) is 0 Å². The molecule has 1 aliphatic heterocycles. The van der Waals surface area contributed by atoms with Gasteiger partial charge in [-0.2, -0.15) is 0 Å². The van der Waals surface area contributed by atoms with E-state index in [1.807, 2.05) is 0 Å². The molecule has 7 heteroatoms. The molecular formula is C24H25Cl2NO4. The number of benzene rings is 2. The molecular weight excluding hydrogens is 437 g/mol. The van der Waals surface area contributed by atoms with Crippen molar-refractivity contribution < 1.29 is 19.7 Å². The molecule has 0 radical (unpaired) electrons. The zero-order valence-corrected chi connectivity index (χ0v) is 18.6. The highest BCUT2D eigenvalue weighted by atomic mass is 35.5. The summed E-state index contributed by atoms with van der Waals surface area (Å²) in [4.78, 5) is 15.0. The fourth-order valence-electron chi connectivity index (χ4n) is 3.43. The minimum Gasteiger partial charge on any atom is -0.507 e. The van der Waals surface area contributed by atoms with Gasteiger partial charge in [0.1, 0.15) is 18.1 Å². The molecule has 1 aliphatic rings. The number of piperidine rings is 1. The Hall–Kier alpha value is -2.31. The second-order valence-corrected chi connectivity index (χ2v) is 8.29. The Balaban J connectivity index is 1.85. The van der Waals surface area contributed by atoms with Crippen LogP contribution in [0.15, 0.2) is 49.1 Å². The lowest BCUT2D eigenvalue weighted by atomic mass is 10.0. The van der Waals surface area contributed by atoms with Crippen molar-refractivity contribution in [3.8, 4) is 11.5 Å². The number of aliphatic hydroxyl groups excluding tert-OH is 1. The molecule has 0 atom stereocenters. The first-order valence-electron chi connectivity index (χ1n) is 10.0. The number of aromatic hydroxyl groups is 1. The quantitative estimate of drug-likeness (QED) is 0.324. The highest BCUT2D eigenvalue weighted by Crippen LogP contribution is 2.31. The van der Waals surface area contributed by atoms with Gasteiger partial charge < -0.3 is 14.9 Å². The van der Waals surface area contributed by atoms with Crippen LogP contribution in [0.3, 0.4) is 0 Å².